The summed E-state index contributed by atoms with van der Waals surface area (Å²) in [6.45, 7) is 4.19. The van der Waals surface area contributed by atoms with Crippen LogP contribution in [-0.4, -0.2) is 9.55 Å². The number of nitrogens with two attached hydrogens (primary N) is 1. The summed E-state index contributed by atoms with van der Waals surface area (Å²) in [4.78, 5) is 16.1. The highest BCUT2D eigenvalue weighted by molar-refractivity contribution is 5.39. The summed E-state index contributed by atoms with van der Waals surface area (Å²) in [6.07, 6.45) is 0. The van der Waals surface area contributed by atoms with Gasteiger partial charge in [0.15, 0.2) is 0 Å². The summed E-state index contributed by atoms with van der Waals surface area (Å²) in [5.41, 5.74) is 8.11. The van der Waals surface area contributed by atoms with Gasteiger partial charge in [0.2, 0.25) is 0 Å². The summed E-state index contributed by atoms with van der Waals surface area (Å²) < 4.78 is 1.65. The number of benzene rings is 1. The molecule has 0 saturated carbocycles. The van der Waals surface area contributed by atoms with Gasteiger partial charge in [-0.05, 0) is 31.5 Å². The third kappa shape index (κ3) is 2.53. The number of hydrogen-bond donors (Lipinski definition) is 1. The molecule has 0 amide bonds. The highest BCUT2D eigenvalue weighted by Crippen LogP contribution is 2.07. The first-order chi connectivity index (χ1) is 8.06. The van der Waals surface area contributed by atoms with Crippen molar-refractivity contribution in [3.05, 3.63) is 57.8 Å². The van der Waals surface area contributed by atoms with E-state index in [1.54, 1.807) is 10.6 Å². The molecule has 2 N–H and O–H groups in total. The Morgan fingerprint density at radius 2 is 1.88 bits per heavy atom. The highest BCUT2D eigenvalue weighted by Gasteiger charge is 2.03. The van der Waals surface area contributed by atoms with E-state index in [4.69, 9.17) is 5.73 Å². The second kappa shape index (κ2) is 4.41. The molecular weight excluding hydrogens is 214 g/mol. The minimum atomic E-state index is -0.0215. The highest BCUT2D eigenvalue weighted by atomic mass is 16.1. The zero-order chi connectivity index (χ0) is 12.4. The molecule has 1 aromatic carbocycles. The van der Waals surface area contributed by atoms with Crippen molar-refractivity contribution in [2.45, 2.75) is 20.4 Å². The first-order valence-corrected chi connectivity index (χ1v) is 5.46. The van der Waals surface area contributed by atoms with Crippen molar-refractivity contribution in [1.29, 1.82) is 0 Å². The van der Waals surface area contributed by atoms with Crippen LogP contribution in [0.25, 0.3) is 0 Å². The van der Waals surface area contributed by atoms with E-state index in [2.05, 4.69) is 4.98 Å². The van der Waals surface area contributed by atoms with Crippen LogP contribution in [0.15, 0.2) is 35.1 Å². The first-order valence-electron chi connectivity index (χ1n) is 5.46. The molecule has 0 saturated heterocycles. The zero-order valence-corrected chi connectivity index (χ0v) is 9.97. The van der Waals surface area contributed by atoms with E-state index in [-0.39, 0.29) is 5.56 Å². The molecule has 0 aliphatic carbocycles. The molecule has 0 atom stereocenters. The Hall–Kier alpha value is -2.10. The lowest BCUT2D eigenvalue weighted by Gasteiger charge is -2.09. The van der Waals surface area contributed by atoms with Crippen molar-refractivity contribution in [1.82, 2.24) is 9.55 Å². The minimum Gasteiger partial charge on any atom is -0.399 e. The van der Waals surface area contributed by atoms with Gasteiger partial charge in [0.05, 0.1) is 6.54 Å². The van der Waals surface area contributed by atoms with Gasteiger partial charge in [0, 0.05) is 17.4 Å². The van der Waals surface area contributed by atoms with E-state index in [0.29, 0.717) is 6.54 Å². The molecule has 0 fully saturated rings. The average Bonchev–Trinajstić information content (AvgIpc) is 2.26. The van der Waals surface area contributed by atoms with E-state index in [0.717, 1.165) is 22.8 Å². The summed E-state index contributed by atoms with van der Waals surface area (Å²) in [6, 6.07) is 9.04. The summed E-state index contributed by atoms with van der Waals surface area (Å²) >= 11 is 0. The van der Waals surface area contributed by atoms with Crippen LogP contribution in [0.3, 0.4) is 0 Å². The van der Waals surface area contributed by atoms with Gasteiger partial charge >= 0.3 is 0 Å². The molecule has 0 bridgehead atoms. The topological polar surface area (TPSA) is 60.9 Å². The van der Waals surface area contributed by atoms with Gasteiger partial charge in [-0.3, -0.25) is 9.36 Å². The molecule has 4 nitrogen and oxygen atoms in total. The van der Waals surface area contributed by atoms with Crippen LogP contribution in [0.4, 0.5) is 5.69 Å². The Kier molecular flexibility index (Phi) is 2.95. The fraction of sp³-hybridized carbons (Fsp3) is 0.231. The minimum absolute atomic E-state index is 0.0215. The fourth-order valence-electron chi connectivity index (χ4n) is 1.76. The Balaban J connectivity index is 2.36. The molecule has 0 radical (unpaired) electrons. The largest absolute Gasteiger partial charge is 0.399 e. The van der Waals surface area contributed by atoms with Gasteiger partial charge in [-0.15, -0.1) is 0 Å². The SMILES string of the molecule is Cc1cc(=O)n(Cc2ccc(N)cc2)c(C)n1. The summed E-state index contributed by atoms with van der Waals surface area (Å²) in [5, 5.41) is 0. The van der Waals surface area contributed by atoms with Gasteiger partial charge in [0.25, 0.3) is 5.56 Å². The Morgan fingerprint density at radius 3 is 2.47 bits per heavy atom. The number of rotatable bonds is 2. The molecule has 2 aromatic rings. The maximum atomic E-state index is 11.8. The van der Waals surface area contributed by atoms with Crippen molar-refractivity contribution in [3.8, 4) is 0 Å². The van der Waals surface area contributed by atoms with Gasteiger partial charge in [-0.25, -0.2) is 4.98 Å². The number of aromatic nitrogens is 2. The number of nitrogens with zero attached hydrogens (tertiary/aromatic N) is 2. The molecular formula is C13H15N3O. The quantitative estimate of drug-likeness (QED) is 0.794. The third-order valence-corrected chi connectivity index (χ3v) is 2.65. The van der Waals surface area contributed by atoms with Crippen LogP contribution in [0.1, 0.15) is 17.1 Å². The Morgan fingerprint density at radius 1 is 1.24 bits per heavy atom. The lowest BCUT2D eigenvalue weighted by Crippen LogP contribution is -2.24. The van der Waals surface area contributed by atoms with Crippen LogP contribution >= 0.6 is 0 Å². The standard InChI is InChI=1S/C13H15N3O/c1-9-7-13(17)16(10(2)15-9)8-11-3-5-12(14)6-4-11/h3-7H,8,14H2,1-2H3. The second-order valence-corrected chi connectivity index (χ2v) is 4.11. The molecule has 4 heteroatoms. The second-order valence-electron chi connectivity index (χ2n) is 4.11. The number of nitrogen functional groups attached to an aromatic ring is 1. The average molecular weight is 229 g/mol. The van der Waals surface area contributed by atoms with Crippen LogP contribution in [0.2, 0.25) is 0 Å². The molecule has 1 aromatic heterocycles. The van der Waals surface area contributed by atoms with Crippen LogP contribution in [-0.2, 0) is 6.54 Å². The molecule has 0 spiro atoms. The summed E-state index contributed by atoms with van der Waals surface area (Å²) in [7, 11) is 0. The van der Waals surface area contributed by atoms with Crippen molar-refractivity contribution in [3.63, 3.8) is 0 Å². The third-order valence-electron chi connectivity index (χ3n) is 2.65. The van der Waals surface area contributed by atoms with Crippen LogP contribution in [0.5, 0.6) is 0 Å². The molecule has 1 heterocycles. The van der Waals surface area contributed by atoms with E-state index >= 15 is 0 Å². The molecule has 0 aliphatic rings. The number of aryl methyl sites for hydroxylation is 2. The first kappa shape index (κ1) is 11.4. The lowest BCUT2D eigenvalue weighted by atomic mass is 10.2. The van der Waals surface area contributed by atoms with Crippen molar-refractivity contribution >= 4 is 5.69 Å². The predicted molar refractivity (Wildman–Crippen MR) is 67.9 cm³/mol. The lowest BCUT2D eigenvalue weighted by molar-refractivity contribution is 0.694. The van der Waals surface area contributed by atoms with Crippen LogP contribution < -0.4 is 11.3 Å². The fourth-order valence-corrected chi connectivity index (χ4v) is 1.76. The van der Waals surface area contributed by atoms with E-state index in [1.807, 2.05) is 38.1 Å². The number of anilines is 1. The maximum absolute atomic E-state index is 11.8. The Bertz CT molecular complexity index is 585. The van der Waals surface area contributed by atoms with Crippen molar-refractivity contribution in [2.75, 3.05) is 5.73 Å². The van der Waals surface area contributed by atoms with Gasteiger partial charge in [-0.1, -0.05) is 12.1 Å². The molecule has 17 heavy (non-hydrogen) atoms. The van der Waals surface area contributed by atoms with Gasteiger partial charge in [-0.2, -0.15) is 0 Å². The van der Waals surface area contributed by atoms with Crippen molar-refractivity contribution < 1.29 is 0 Å². The Labute approximate surface area is 99.7 Å². The van der Waals surface area contributed by atoms with Gasteiger partial charge in [0.1, 0.15) is 5.82 Å². The smallest absolute Gasteiger partial charge is 0.254 e. The molecule has 88 valence electrons. The van der Waals surface area contributed by atoms with Crippen molar-refractivity contribution in [2.24, 2.45) is 0 Å². The molecule has 0 aliphatic heterocycles. The van der Waals surface area contributed by atoms with Gasteiger partial charge < -0.3 is 5.73 Å². The predicted octanol–water partition coefficient (Wildman–Crippen LogP) is 1.49. The summed E-state index contributed by atoms with van der Waals surface area (Å²) in [5.74, 6) is 0.729. The van der Waals surface area contributed by atoms with E-state index in [9.17, 15) is 4.79 Å². The van der Waals surface area contributed by atoms with Crippen LogP contribution in [0, 0.1) is 13.8 Å². The maximum Gasteiger partial charge on any atom is 0.254 e. The number of hydrogen-bond acceptors (Lipinski definition) is 3. The monoisotopic (exact) mass is 229 g/mol. The van der Waals surface area contributed by atoms with E-state index in [1.165, 1.54) is 0 Å². The normalized spacial score (nSPS) is 10.5. The van der Waals surface area contributed by atoms with E-state index < -0.39 is 0 Å². The molecule has 2 rings (SSSR count). The molecule has 0 unspecified atom stereocenters. The zero-order valence-electron chi connectivity index (χ0n) is 9.97.